The molecule has 1 N–H and O–H groups in total. The molecule has 1 amide bonds. The van der Waals surface area contributed by atoms with E-state index in [-0.39, 0.29) is 11.8 Å². The van der Waals surface area contributed by atoms with Crippen LogP contribution in [0.25, 0.3) is 5.82 Å². The molecule has 27 heavy (non-hydrogen) atoms. The summed E-state index contributed by atoms with van der Waals surface area (Å²) in [6.07, 6.45) is 4.93. The van der Waals surface area contributed by atoms with E-state index in [1.165, 1.54) is 0 Å². The van der Waals surface area contributed by atoms with Crippen molar-refractivity contribution in [2.24, 2.45) is 0 Å². The fourth-order valence-corrected chi connectivity index (χ4v) is 3.57. The molecule has 3 aromatic rings. The van der Waals surface area contributed by atoms with Gasteiger partial charge in [0.15, 0.2) is 5.82 Å². The summed E-state index contributed by atoms with van der Waals surface area (Å²) in [5.41, 5.74) is 2.90. The molecule has 0 aliphatic rings. The van der Waals surface area contributed by atoms with Crippen LogP contribution in [0.3, 0.4) is 0 Å². The van der Waals surface area contributed by atoms with Crippen LogP contribution in [0.5, 0.6) is 0 Å². The third-order valence-electron chi connectivity index (χ3n) is 4.02. The van der Waals surface area contributed by atoms with E-state index in [0.717, 1.165) is 11.3 Å². The zero-order valence-corrected chi connectivity index (χ0v) is 16.4. The van der Waals surface area contributed by atoms with Gasteiger partial charge in [0.1, 0.15) is 0 Å². The summed E-state index contributed by atoms with van der Waals surface area (Å²) in [5, 5.41) is 7.30. The minimum absolute atomic E-state index is 0.0871. The average Bonchev–Trinajstić information content (AvgIpc) is 3.08. The molecule has 3 rings (SSSR count). The highest BCUT2D eigenvalue weighted by atomic mass is 32.2. The second kappa shape index (κ2) is 8.26. The van der Waals surface area contributed by atoms with Gasteiger partial charge in [-0.3, -0.25) is 9.00 Å². The number of pyridine rings is 1. The number of hydrogen-bond donors (Lipinski definition) is 1. The Labute approximate surface area is 161 Å². The van der Waals surface area contributed by atoms with Crippen molar-refractivity contribution in [2.75, 3.05) is 11.6 Å². The Hall–Kier alpha value is -2.80. The lowest BCUT2D eigenvalue weighted by atomic mass is 10.1. The van der Waals surface area contributed by atoms with Crippen LogP contribution < -0.4 is 5.32 Å². The highest BCUT2D eigenvalue weighted by molar-refractivity contribution is 7.83. The zero-order valence-electron chi connectivity index (χ0n) is 15.5. The first kappa shape index (κ1) is 19.0. The molecule has 0 saturated carbocycles. The summed E-state index contributed by atoms with van der Waals surface area (Å²) in [6, 6.07) is 13.0. The molecule has 2 aromatic heterocycles. The van der Waals surface area contributed by atoms with Crippen molar-refractivity contribution in [3.05, 3.63) is 71.7 Å². The summed E-state index contributed by atoms with van der Waals surface area (Å²) in [4.78, 5) is 17.2. The summed E-state index contributed by atoms with van der Waals surface area (Å²) >= 11 is 0. The predicted molar refractivity (Wildman–Crippen MR) is 108 cm³/mol. The van der Waals surface area contributed by atoms with Gasteiger partial charge in [0.25, 0.3) is 5.91 Å². The van der Waals surface area contributed by atoms with E-state index < -0.39 is 10.8 Å². The minimum atomic E-state index is -0.934. The Bertz CT molecular complexity index is 967. The number of carbonyl (C=O) groups excluding carboxylic acids is 1. The molecule has 140 valence electrons. The number of carbonyl (C=O) groups is 1. The maximum atomic E-state index is 12.9. The highest BCUT2D eigenvalue weighted by Gasteiger charge is 2.21. The minimum Gasteiger partial charge on any atom is -0.322 e. The van der Waals surface area contributed by atoms with Crippen molar-refractivity contribution in [3.63, 3.8) is 0 Å². The molecule has 0 radical (unpaired) electrons. The van der Waals surface area contributed by atoms with Crippen molar-refractivity contribution < 1.29 is 9.00 Å². The van der Waals surface area contributed by atoms with E-state index >= 15 is 0 Å². The topological polar surface area (TPSA) is 76.9 Å². The molecule has 0 unspecified atom stereocenters. The number of benzene rings is 1. The van der Waals surface area contributed by atoms with Gasteiger partial charge >= 0.3 is 0 Å². The van der Waals surface area contributed by atoms with Crippen molar-refractivity contribution in [1.82, 2.24) is 14.8 Å². The number of nitrogens with one attached hydrogen (secondary N) is 1. The molecule has 2 heterocycles. The second-order valence-electron chi connectivity index (χ2n) is 6.57. The second-order valence-corrected chi connectivity index (χ2v) is 8.01. The van der Waals surface area contributed by atoms with Crippen LogP contribution >= 0.6 is 0 Å². The summed E-state index contributed by atoms with van der Waals surface area (Å²) in [5.74, 6) is 0.992. The predicted octanol–water partition coefficient (Wildman–Crippen LogP) is 3.52. The van der Waals surface area contributed by atoms with Gasteiger partial charge in [0, 0.05) is 34.7 Å². The lowest BCUT2D eigenvalue weighted by molar-refractivity contribution is 0.102. The van der Waals surface area contributed by atoms with Gasteiger partial charge in [0.05, 0.1) is 17.5 Å². The summed E-state index contributed by atoms with van der Waals surface area (Å²) in [6.45, 7) is 4.04. The Morgan fingerprint density at radius 2 is 2.04 bits per heavy atom. The van der Waals surface area contributed by atoms with Gasteiger partial charge in [-0.2, -0.15) is 5.10 Å². The number of anilines is 1. The maximum Gasteiger partial charge on any atom is 0.259 e. The Kier molecular flexibility index (Phi) is 5.81. The largest absolute Gasteiger partial charge is 0.322 e. The number of amides is 1. The standard InChI is InChI=1S/C20H22N4O2S/c1-14(2)19-17(12-22-24(19)18-9-4-5-10-21-18)20(25)23-16-8-6-7-15(11-16)13-27(3)26/h4-12,14H,13H2,1-3H3,(H,23,25)/t27-/m1/s1. The third kappa shape index (κ3) is 4.49. The highest BCUT2D eigenvalue weighted by Crippen LogP contribution is 2.23. The first-order chi connectivity index (χ1) is 13.0. The van der Waals surface area contributed by atoms with E-state index in [4.69, 9.17) is 0 Å². The first-order valence-electron chi connectivity index (χ1n) is 8.65. The fraction of sp³-hybridized carbons (Fsp3) is 0.250. The molecule has 0 aliphatic heterocycles. The molecule has 0 spiro atoms. The van der Waals surface area contributed by atoms with Crippen LogP contribution in [0, 0.1) is 0 Å². The van der Waals surface area contributed by atoms with E-state index in [0.29, 0.717) is 22.8 Å². The molecular formula is C20H22N4O2S. The van der Waals surface area contributed by atoms with Gasteiger partial charge in [0.2, 0.25) is 0 Å². The zero-order chi connectivity index (χ0) is 19.4. The van der Waals surface area contributed by atoms with E-state index in [1.54, 1.807) is 23.3 Å². The Morgan fingerprint density at radius 1 is 1.22 bits per heavy atom. The van der Waals surface area contributed by atoms with Crippen LogP contribution in [0.1, 0.15) is 41.4 Å². The van der Waals surface area contributed by atoms with Crippen LogP contribution in [0.4, 0.5) is 5.69 Å². The molecule has 1 atom stereocenters. The summed E-state index contributed by atoms with van der Waals surface area (Å²) in [7, 11) is -0.934. The molecular weight excluding hydrogens is 360 g/mol. The first-order valence-corrected chi connectivity index (χ1v) is 10.4. The smallest absolute Gasteiger partial charge is 0.259 e. The number of rotatable bonds is 6. The number of nitrogens with zero attached hydrogens (tertiary/aromatic N) is 3. The van der Waals surface area contributed by atoms with Gasteiger partial charge in [-0.05, 0) is 35.7 Å². The third-order valence-corrected chi connectivity index (χ3v) is 4.76. The van der Waals surface area contributed by atoms with Crippen LogP contribution in [0.15, 0.2) is 54.9 Å². The van der Waals surface area contributed by atoms with Gasteiger partial charge in [-0.15, -0.1) is 0 Å². The quantitative estimate of drug-likeness (QED) is 0.708. The molecule has 0 bridgehead atoms. The lowest BCUT2D eigenvalue weighted by Gasteiger charge is -2.12. The molecule has 0 aliphatic carbocycles. The van der Waals surface area contributed by atoms with E-state index in [2.05, 4.69) is 15.4 Å². The van der Waals surface area contributed by atoms with Gasteiger partial charge in [-0.25, -0.2) is 9.67 Å². The van der Waals surface area contributed by atoms with E-state index in [9.17, 15) is 9.00 Å². The molecule has 1 aromatic carbocycles. The fourth-order valence-electron chi connectivity index (χ4n) is 2.92. The van der Waals surface area contributed by atoms with Crippen molar-refractivity contribution in [1.29, 1.82) is 0 Å². The van der Waals surface area contributed by atoms with Gasteiger partial charge < -0.3 is 5.32 Å². The van der Waals surface area contributed by atoms with Crippen LogP contribution in [-0.2, 0) is 16.6 Å². The van der Waals surface area contributed by atoms with E-state index in [1.807, 2.05) is 56.3 Å². The average molecular weight is 382 g/mol. The maximum absolute atomic E-state index is 12.9. The normalized spacial score (nSPS) is 12.1. The number of aromatic nitrogens is 3. The van der Waals surface area contributed by atoms with Crippen molar-refractivity contribution >= 4 is 22.4 Å². The molecule has 6 nitrogen and oxygen atoms in total. The van der Waals surface area contributed by atoms with Gasteiger partial charge in [-0.1, -0.05) is 32.0 Å². The van der Waals surface area contributed by atoms with Crippen molar-refractivity contribution in [3.8, 4) is 5.82 Å². The van der Waals surface area contributed by atoms with Crippen molar-refractivity contribution in [2.45, 2.75) is 25.5 Å². The van der Waals surface area contributed by atoms with Crippen LogP contribution in [-0.4, -0.2) is 31.1 Å². The molecule has 7 heteroatoms. The number of hydrogen-bond acceptors (Lipinski definition) is 4. The monoisotopic (exact) mass is 382 g/mol. The Balaban J connectivity index is 1.89. The molecule has 0 fully saturated rings. The van der Waals surface area contributed by atoms with Crippen LogP contribution in [0.2, 0.25) is 0 Å². The Morgan fingerprint density at radius 3 is 2.70 bits per heavy atom. The summed E-state index contributed by atoms with van der Waals surface area (Å²) < 4.78 is 13.1. The SMILES string of the molecule is CC(C)c1c(C(=O)Nc2cccc(C[S@@](C)=O)c2)cnn1-c1ccccn1. The molecule has 0 saturated heterocycles. The lowest BCUT2D eigenvalue weighted by Crippen LogP contribution is -2.16.